The number of nitrogens with zero attached hydrogens (tertiary/aromatic N) is 2. The monoisotopic (exact) mass is 281 g/mol. The summed E-state index contributed by atoms with van der Waals surface area (Å²) in [5.74, 6) is 0.748. The van der Waals surface area contributed by atoms with E-state index in [0.29, 0.717) is 17.3 Å². The van der Waals surface area contributed by atoms with Crippen LogP contribution in [0.5, 0.6) is 0 Å². The van der Waals surface area contributed by atoms with Crippen molar-refractivity contribution in [3.8, 4) is 0 Å². The van der Waals surface area contributed by atoms with E-state index in [1.165, 1.54) is 6.07 Å². The molecule has 0 bridgehead atoms. The van der Waals surface area contributed by atoms with Crippen molar-refractivity contribution >= 4 is 29.1 Å². The SMILES string of the molecule is Nc1ccc(=O)n(CCSc2ccc(Cl)cn2)c1. The van der Waals surface area contributed by atoms with Gasteiger partial charge in [-0.05, 0) is 18.2 Å². The number of rotatable bonds is 4. The van der Waals surface area contributed by atoms with Gasteiger partial charge in [-0.25, -0.2) is 4.98 Å². The zero-order valence-electron chi connectivity index (χ0n) is 9.54. The predicted octanol–water partition coefficient (Wildman–Crippen LogP) is 2.27. The average Bonchev–Trinajstić information content (AvgIpc) is 2.36. The summed E-state index contributed by atoms with van der Waals surface area (Å²) in [6.07, 6.45) is 3.26. The van der Waals surface area contributed by atoms with Crippen LogP contribution in [-0.4, -0.2) is 15.3 Å². The minimum Gasteiger partial charge on any atom is -0.398 e. The molecular formula is C12H12ClN3OS. The summed E-state index contributed by atoms with van der Waals surface area (Å²) in [6.45, 7) is 0.596. The van der Waals surface area contributed by atoms with Crippen LogP contribution in [0.25, 0.3) is 0 Å². The summed E-state index contributed by atoms with van der Waals surface area (Å²) >= 11 is 7.32. The first-order chi connectivity index (χ1) is 8.65. The molecule has 2 N–H and O–H groups in total. The Morgan fingerprint density at radius 2 is 2.17 bits per heavy atom. The van der Waals surface area contributed by atoms with Crippen LogP contribution < -0.4 is 11.3 Å². The lowest BCUT2D eigenvalue weighted by Crippen LogP contribution is -2.19. The van der Waals surface area contributed by atoms with Crippen LogP contribution in [-0.2, 0) is 6.54 Å². The second kappa shape index (κ2) is 5.93. The number of hydrogen-bond acceptors (Lipinski definition) is 4. The van der Waals surface area contributed by atoms with Gasteiger partial charge in [0.15, 0.2) is 0 Å². The van der Waals surface area contributed by atoms with Crippen LogP contribution in [0.3, 0.4) is 0 Å². The molecule has 0 spiro atoms. The molecule has 6 heteroatoms. The third-order valence-corrected chi connectivity index (χ3v) is 3.44. The number of hydrogen-bond donors (Lipinski definition) is 1. The Balaban J connectivity index is 1.94. The summed E-state index contributed by atoms with van der Waals surface area (Å²) in [6, 6.07) is 6.73. The van der Waals surface area contributed by atoms with E-state index in [0.717, 1.165) is 10.8 Å². The molecule has 0 radical (unpaired) electrons. The minimum atomic E-state index is -0.0473. The van der Waals surface area contributed by atoms with E-state index in [1.807, 2.05) is 6.07 Å². The summed E-state index contributed by atoms with van der Waals surface area (Å²) in [4.78, 5) is 15.7. The van der Waals surface area contributed by atoms with E-state index in [2.05, 4.69) is 4.98 Å². The smallest absolute Gasteiger partial charge is 0.250 e. The van der Waals surface area contributed by atoms with Crippen LogP contribution in [0.4, 0.5) is 5.69 Å². The van der Waals surface area contributed by atoms with Crippen LogP contribution in [0.15, 0.2) is 46.5 Å². The number of aryl methyl sites for hydroxylation is 1. The second-order valence-electron chi connectivity index (χ2n) is 3.66. The number of thioether (sulfide) groups is 1. The topological polar surface area (TPSA) is 60.9 Å². The van der Waals surface area contributed by atoms with E-state index < -0.39 is 0 Å². The Labute approximate surface area is 114 Å². The van der Waals surface area contributed by atoms with Crippen molar-refractivity contribution in [2.75, 3.05) is 11.5 Å². The molecule has 0 aromatic carbocycles. The van der Waals surface area contributed by atoms with Crippen molar-refractivity contribution in [3.63, 3.8) is 0 Å². The van der Waals surface area contributed by atoms with Gasteiger partial charge in [-0.1, -0.05) is 11.6 Å². The van der Waals surface area contributed by atoms with Gasteiger partial charge in [-0.3, -0.25) is 4.79 Å². The van der Waals surface area contributed by atoms with E-state index in [9.17, 15) is 4.79 Å². The highest BCUT2D eigenvalue weighted by atomic mass is 35.5. The van der Waals surface area contributed by atoms with Gasteiger partial charge in [0.2, 0.25) is 0 Å². The zero-order valence-corrected chi connectivity index (χ0v) is 11.1. The highest BCUT2D eigenvalue weighted by molar-refractivity contribution is 7.99. The summed E-state index contributed by atoms with van der Waals surface area (Å²) in [5.41, 5.74) is 6.17. The fraction of sp³-hybridized carbons (Fsp3) is 0.167. The molecule has 4 nitrogen and oxygen atoms in total. The summed E-state index contributed by atoms with van der Waals surface area (Å²) in [7, 11) is 0. The molecule has 0 fully saturated rings. The van der Waals surface area contributed by atoms with Crippen molar-refractivity contribution in [1.82, 2.24) is 9.55 Å². The quantitative estimate of drug-likeness (QED) is 0.874. The van der Waals surface area contributed by atoms with Crippen molar-refractivity contribution in [1.29, 1.82) is 0 Å². The lowest BCUT2D eigenvalue weighted by atomic mass is 10.4. The number of nitrogen functional groups attached to an aromatic ring is 1. The third-order valence-electron chi connectivity index (χ3n) is 2.29. The fourth-order valence-corrected chi connectivity index (χ4v) is 2.32. The van der Waals surface area contributed by atoms with Gasteiger partial charge in [-0.15, -0.1) is 11.8 Å². The number of nitrogens with two attached hydrogens (primary N) is 1. The van der Waals surface area contributed by atoms with Crippen molar-refractivity contribution in [2.24, 2.45) is 0 Å². The van der Waals surface area contributed by atoms with Gasteiger partial charge in [0.05, 0.1) is 10.0 Å². The van der Waals surface area contributed by atoms with Crippen LogP contribution in [0.1, 0.15) is 0 Å². The van der Waals surface area contributed by atoms with Gasteiger partial charge in [-0.2, -0.15) is 0 Å². The van der Waals surface area contributed by atoms with Gasteiger partial charge < -0.3 is 10.3 Å². The molecular weight excluding hydrogens is 270 g/mol. The molecule has 2 heterocycles. The van der Waals surface area contributed by atoms with E-state index in [1.54, 1.807) is 40.9 Å². The first kappa shape index (κ1) is 13.0. The standard InChI is InChI=1S/C12H12ClN3OS/c13-9-1-3-11(15-7-9)18-6-5-16-8-10(14)2-4-12(16)17/h1-4,7-8H,5-6,14H2. The van der Waals surface area contributed by atoms with Gasteiger partial charge in [0, 0.05) is 36.4 Å². The number of anilines is 1. The maximum Gasteiger partial charge on any atom is 0.250 e. The van der Waals surface area contributed by atoms with Gasteiger partial charge >= 0.3 is 0 Å². The molecule has 0 saturated carbocycles. The summed E-state index contributed by atoms with van der Waals surface area (Å²) < 4.78 is 1.60. The summed E-state index contributed by atoms with van der Waals surface area (Å²) in [5, 5.41) is 1.50. The van der Waals surface area contributed by atoms with Crippen LogP contribution >= 0.6 is 23.4 Å². The molecule has 0 aliphatic carbocycles. The Kier molecular flexibility index (Phi) is 4.28. The Bertz CT molecular complexity index is 583. The molecule has 2 rings (SSSR count). The number of halogens is 1. The minimum absolute atomic E-state index is 0.0473. The lowest BCUT2D eigenvalue weighted by Gasteiger charge is -2.05. The molecule has 0 saturated heterocycles. The van der Waals surface area contributed by atoms with Gasteiger partial charge in [0.1, 0.15) is 0 Å². The van der Waals surface area contributed by atoms with E-state index >= 15 is 0 Å². The maximum atomic E-state index is 11.5. The van der Waals surface area contributed by atoms with E-state index in [4.69, 9.17) is 17.3 Å². The first-order valence-electron chi connectivity index (χ1n) is 5.35. The molecule has 0 unspecified atom stereocenters. The first-order valence-corrected chi connectivity index (χ1v) is 6.72. The number of aromatic nitrogens is 2. The highest BCUT2D eigenvalue weighted by Crippen LogP contribution is 2.17. The Morgan fingerprint density at radius 1 is 1.33 bits per heavy atom. The zero-order chi connectivity index (χ0) is 13.0. The third kappa shape index (κ3) is 3.51. The molecule has 2 aromatic heterocycles. The molecule has 2 aromatic rings. The average molecular weight is 282 g/mol. The molecule has 18 heavy (non-hydrogen) atoms. The largest absolute Gasteiger partial charge is 0.398 e. The van der Waals surface area contributed by atoms with Crippen molar-refractivity contribution in [2.45, 2.75) is 11.6 Å². The Morgan fingerprint density at radius 3 is 2.89 bits per heavy atom. The maximum absolute atomic E-state index is 11.5. The molecule has 94 valence electrons. The predicted molar refractivity (Wildman–Crippen MR) is 75.1 cm³/mol. The number of pyridine rings is 2. The molecule has 0 amide bonds. The van der Waals surface area contributed by atoms with Gasteiger partial charge in [0.25, 0.3) is 5.56 Å². The lowest BCUT2D eigenvalue weighted by molar-refractivity contribution is 0.736. The molecule has 0 aliphatic heterocycles. The molecule has 0 aliphatic rings. The molecule has 0 atom stereocenters. The highest BCUT2D eigenvalue weighted by Gasteiger charge is 1.99. The normalized spacial score (nSPS) is 10.5. The van der Waals surface area contributed by atoms with Crippen molar-refractivity contribution in [3.05, 3.63) is 52.0 Å². The van der Waals surface area contributed by atoms with Crippen LogP contribution in [0, 0.1) is 0 Å². The second-order valence-corrected chi connectivity index (χ2v) is 5.21. The van der Waals surface area contributed by atoms with Crippen LogP contribution in [0.2, 0.25) is 5.02 Å². The van der Waals surface area contributed by atoms with Crippen molar-refractivity contribution < 1.29 is 0 Å². The van der Waals surface area contributed by atoms with E-state index in [-0.39, 0.29) is 5.56 Å². The fourth-order valence-electron chi connectivity index (χ4n) is 1.42. The Hall–Kier alpha value is -1.46.